The first-order valence-corrected chi connectivity index (χ1v) is 11.4. The van der Waals surface area contributed by atoms with Gasteiger partial charge in [-0.2, -0.15) is 0 Å². The van der Waals surface area contributed by atoms with E-state index in [1.807, 2.05) is 0 Å². The predicted octanol–water partition coefficient (Wildman–Crippen LogP) is 2.29. The van der Waals surface area contributed by atoms with Crippen molar-refractivity contribution in [2.24, 2.45) is 0 Å². The Hall–Kier alpha value is -2.77. The Labute approximate surface area is 175 Å². The van der Waals surface area contributed by atoms with Crippen molar-refractivity contribution in [2.45, 2.75) is 21.4 Å². The molecule has 0 aliphatic heterocycles. The number of carbonyl (C=O) groups is 1. The second kappa shape index (κ2) is 9.15. The minimum Gasteiger partial charge on any atom is -0.363 e. The fraction of sp³-hybridized carbons (Fsp3) is 0.188. The Morgan fingerprint density at radius 1 is 1.14 bits per heavy atom. The van der Waals surface area contributed by atoms with Gasteiger partial charge < -0.3 is 10.6 Å². The van der Waals surface area contributed by atoms with Crippen molar-refractivity contribution in [1.82, 2.24) is 20.2 Å². The van der Waals surface area contributed by atoms with E-state index in [-0.39, 0.29) is 16.8 Å². The number of carbonyl (C=O) groups excluding carboxylic acids is 1. The highest BCUT2D eigenvalue weighted by Gasteiger charge is 2.19. The van der Waals surface area contributed by atoms with Crippen LogP contribution >= 0.6 is 23.1 Å². The van der Waals surface area contributed by atoms with Crippen molar-refractivity contribution < 1.29 is 13.2 Å². The lowest BCUT2D eigenvalue weighted by Gasteiger charge is -2.11. The summed E-state index contributed by atoms with van der Waals surface area (Å²) in [6.07, 6.45) is 2.87. The first kappa shape index (κ1) is 21.0. The molecule has 152 valence electrons. The van der Waals surface area contributed by atoms with Crippen LogP contribution in [0.2, 0.25) is 0 Å². The van der Waals surface area contributed by atoms with Gasteiger partial charge in [0, 0.05) is 25.1 Å². The lowest BCUT2D eigenvalue weighted by Crippen LogP contribution is -2.22. The Morgan fingerprint density at radius 2 is 1.83 bits per heavy atom. The summed E-state index contributed by atoms with van der Waals surface area (Å²) in [5.74, 6) is -0.253. The first-order valence-electron chi connectivity index (χ1n) is 8.26. The van der Waals surface area contributed by atoms with Crippen LogP contribution in [0.3, 0.4) is 0 Å². The minimum absolute atomic E-state index is 0.0196. The molecule has 1 unspecified atom stereocenters. The lowest BCUT2D eigenvalue weighted by atomic mass is 10.3. The second-order valence-corrected chi connectivity index (χ2v) is 9.82. The van der Waals surface area contributed by atoms with Gasteiger partial charge in [0.1, 0.15) is 0 Å². The largest absolute Gasteiger partial charge is 0.363 e. The molecule has 0 saturated carbocycles. The summed E-state index contributed by atoms with van der Waals surface area (Å²) in [4.78, 5) is 20.1. The quantitative estimate of drug-likeness (QED) is 0.440. The van der Waals surface area contributed by atoms with Crippen LogP contribution in [-0.2, 0) is 14.8 Å². The Kier molecular flexibility index (Phi) is 6.61. The topological polar surface area (TPSA) is 139 Å². The molecule has 3 N–H and O–H groups in total. The molecule has 10 nitrogen and oxygen atoms in total. The molecule has 0 aliphatic rings. The van der Waals surface area contributed by atoms with Gasteiger partial charge >= 0.3 is 0 Å². The van der Waals surface area contributed by atoms with Crippen LogP contribution in [0.5, 0.6) is 0 Å². The molecule has 2 aromatic heterocycles. The number of nitrogens with one attached hydrogen (secondary N) is 3. The van der Waals surface area contributed by atoms with Gasteiger partial charge in [-0.3, -0.25) is 4.79 Å². The van der Waals surface area contributed by atoms with Gasteiger partial charge in [-0.15, -0.1) is 10.2 Å². The SMILES string of the molecule is CNc1nnc(SC(C)C(=O)Nc2ccc(S(=O)(=O)Nc3ncccn3)cc2)s1. The molecule has 3 rings (SSSR count). The van der Waals surface area contributed by atoms with E-state index >= 15 is 0 Å². The number of hydrogen-bond donors (Lipinski definition) is 3. The molecule has 13 heteroatoms. The minimum atomic E-state index is -3.83. The zero-order chi connectivity index (χ0) is 20.9. The molecule has 2 heterocycles. The molecule has 1 atom stereocenters. The average Bonchev–Trinajstić information content (AvgIpc) is 3.16. The maximum absolute atomic E-state index is 12.4. The Morgan fingerprint density at radius 3 is 2.45 bits per heavy atom. The highest BCUT2D eigenvalue weighted by molar-refractivity contribution is 8.02. The van der Waals surface area contributed by atoms with Crippen molar-refractivity contribution in [2.75, 3.05) is 22.4 Å². The molecular formula is C16H17N7O3S3. The van der Waals surface area contributed by atoms with Gasteiger partial charge in [0.2, 0.25) is 17.0 Å². The van der Waals surface area contributed by atoms with Crippen molar-refractivity contribution in [1.29, 1.82) is 0 Å². The van der Waals surface area contributed by atoms with E-state index in [4.69, 9.17) is 0 Å². The van der Waals surface area contributed by atoms with Gasteiger partial charge in [0.05, 0.1) is 10.1 Å². The number of anilines is 3. The monoisotopic (exact) mass is 451 g/mol. The fourth-order valence-corrected chi connectivity index (χ4v) is 4.86. The fourth-order valence-electron chi connectivity index (χ4n) is 2.06. The summed E-state index contributed by atoms with van der Waals surface area (Å²) in [6.45, 7) is 1.75. The molecule has 0 bridgehead atoms. The van der Waals surface area contributed by atoms with E-state index < -0.39 is 15.3 Å². The smallest absolute Gasteiger partial charge is 0.264 e. The summed E-state index contributed by atoms with van der Waals surface area (Å²) in [6, 6.07) is 7.39. The van der Waals surface area contributed by atoms with Crippen LogP contribution in [-0.4, -0.2) is 46.8 Å². The third-order valence-corrected chi connectivity index (χ3v) is 6.96. The molecule has 0 saturated heterocycles. The van der Waals surface area contributed by atoms with Crippen LogP contribution in [0.1, 0.15) is 6.92 Å². The van der Waals surface area contributed by atoms with E-state index in [2.05, 4.69) is 35.5 Å². The number of benzene rings is 1. The summed E-state index contributed by atoms with van der Waals surface area (Å²) in [5, 5.41) is 13.8. The molecule has 0 spiro atoms. The number of amides is 1. The van der Waals surface area contributed by atoms with Gasteiger partial charge in [-0.05, 0) is 37.3 Å². The number of thioether (sulfide) groups is 1. The van der Waals surface area contributed by atoms with E-state index in [1.54, 1.807) is 20.0 Å². The molecule has 0 aliphatic carbocycles. The van der Waals surface area contributed by atoms with Gasteiger partial charge in [0.25, 0.3) is 10.0 Å². The molecule has 29 heavy (non-hydrogen) atoms. The van der Waals surface area contributed by atoms with Crippen molar-refractivity contribution in [3.63, 3.8) is 0 Å². The normalized spacial score (nSPS) is 12.2. The maximum atomic E-state index is 12.4. The number of aromatic nitrogens is 4. The van der Waals surface area contributed by atoms with Crippen LogP contribution in [0.4, 0.5) is 16.8 Å². The first-order chi connectivity index (χ1) is 13.9. The van der Waals surface area contributed by atoms with E-state index in [1.165, 1.54) is 59.8 Å². The highest BCUT2D eigenvalue weighted by Crippen LogP contribution is 2.29. The molecule has 1 amide bonds. The van der Waals surface area contributed by atoms with Crippen molar-refractivity contribution >= 4 is 55.8 Å². The van der Waals surface area contributed by atoms with Crippen LogP contribution in [0, 0.1) is 0 Å². The molecule has 0 radical (unpaired) electrons. The molecular weight excluding hydrogens is 434 g/mol. The number of nitrogens with zero attached hydrogens (tertiary/aromatic N) is 4. The zero-order valence-electron chi connectivity index (χ0n) is 15.4. The summed E-state index contributed by atoms with van der Waals surface area (Å²) < 4.78 is 27.7. The molecule has 0 fully saturated rings. The zero-order valence-corrected chi connectivity index (χ0v) is 17.8. The maximum Gasteiger partial charge on any atom is 0.264 e. The summed E-state index contributed by atoms with van der Waals surface area (Å²) in [7, 11) is -2.08. The van der Waals surface area contributed by atoms with Crippen LogP contribution < -0.4 is 15.4 Å². The number of sulfonamides is 1. The Bertz CT molecular complexity index is 1070. The van der Waals surface area contributed by atoms with Crippen molar-refractivity contribution in [3.05, 3.63) is 42.7 Å². The van der Waals surface area contributed by atoms with Gasteiger partial charge in [-0.1, -0.05) is 23.1 Å². The van der Waals surface area contributed by atoms with E-state index in [0.29, 0.717) is 15.2 Å². The predicted molar refractivity (Wildman–Crippen MR) is 113 cm³/mol. The third kappa shape index (κ3) is 5.62. The molecule has 1 aromatic carbocycles. The third-order valence-electron chi connectivity index (χ3n) is 3.49. The van der Waals surface area contributed by atoms with Crippen molar-refractivity contribution in [3.8, 4) is 0 Å². The van der Waals surface area contributed by atoms with Crippen LogP contribution in [0.25, 0.3) is 0 Å². The van der Waals surface area contributed by atoms with Gasteiger partial charge in [-0.25, -0.2) is 23.1 Å². The molecule has 3 aromatic rings. The second-order valence-electron chi connectivity index (χ2n) is 5.57. The van der Waals surface area contributed by atoms with Gasteiger partial charge in [0.15, 0.2) is 4.34 Å². The standard InChI is InChI=1S/C16H17N7O3S3/c1-10(27-16-22-21-15(17-2)28-16)13(24)20-11-4-6-12(7-5-11)29(25,26)23-14-18-8-3-9-19-14/h3-10H,1-2H3,(H,17,21)(H,20,24)(H,18,19,23). The van der Waals surface area contributed by atoms with E-state index in [9.17, 15) is 13.2 Å². The number of hydrogen-bond acceptors (Lipinski definition) is 10. The Balaban J connectivity index is 1.61. The average molecular weight is 452 g/mol. The highest BCUT2D eigenvalue weighted by atomic mass is 32.2. The number of rotatable bonds is 8. The summed E-state index contributed by atoms with van der Waals surface area (Å²) >= 11 is 2.64. The summed E-state index contributed by atoms with van der Waals surface area (Å²) in [5.41, 5.74) is 0.477. The van der Waals surface area contributed by atoms with Crippen LogP contribution in [0.15, 0.2) is 52.0 Å². The lowest BCUT2D eigenvalue weighted by molar-refractivity contribution is -0.115. The van der Waals surface area contributed by atoms with E-state index in [0.717, 1.165) is 0 Å².